The highest BCUT2D eigenvalue weighted by molar-refractivity contribution is 5.92. The molecule has 3 rings (SSSR count). The van der Waals surface area contributed by atoms with E-state index in [9.17, 15) is 4.79 Å². The number of anilines is 2. The molecule has 0 saturated carbocycles. The van der Waals surface area contributed by atoms with E-state index in [4.69, 9.17) is 9.26 Å². The van der Waals surface area contributed by atoms with E-state index in [-0.39, 0.29) is 12.3 Å². The molecule has 0 spiro atoms. The van der Waals surface area contributed by atoms with Gasteiger partial charge in [-0.3, -0.25) is 4.79 Å². The molecule has 0 bridgehead atoms. The molecule has 1 heterocycles. The topological polar surface area (TPSA) is 67.6 Å². The van der Waals surface area contributed by atoms with E-state index in [1.807, 2.05) is 67.5 Å². The van der Waals surface area contributed by atoms with Crippen molar-refractivity contribution in [1.82, 2.24) is 5.16 Å². The number of benzene rings is 2. The van der Waals surface area contributed by atoms with Gasteiger partial charge in [-0.2, -0.15) is 0 Å². The van der Waals surface area contributed by atoms with Gasteiger partial charge < -0.3 is 19.5 Å². The van der Waals surface area contributed by atoms with Crippen LogP contribution < -0.4 is 15.0 Å². The van der Waals surface area contributed by atoms with Gasteiger partial charge in [0.2, 0.25) is 5.91 Å². The van der Waals surface area contributed by atoms with Gasteiger partial charge in [-0.25, -0.2) is 0 Å². The van der Waals surface area contributed by atoms with Crippen LogP contribution in [0.4, 0.5) is 11.4 Å². The molecule has 6 nitrogen and oxygen atoms in total. The van der Waals surface area contributed by atoms with Crippen molar-refractivity contribution in [1.29, 1.82) is 0 Å². The summed E-state index contributed by atoms with van der Waals surface area (Å²) in [5.74, 6) is 1.19. The summed E-state index contributed by atoms with van der Waals surface area (Å²) in [7, 11) is 5.55. The minimum Gasteiger partial charge on any atom is -0.497 e. The molecule has 0 aliphatic carbocycles. The summed E-state index contributed by atoms with van der Waals surface area (Å²) < 4.78 is 10.6. The van der Waals surface area contributed by atoms with Crippen molar-refractivity contribution in [3.63, 3.8) is 0 Å². The number of hydrogen-bond acceptors (Lipinski definition) is 5. The fraction of sp³-hybridized carbons (Fsp3) is 0.200. The quantitative estimate of drug-likeness (QED) is 0.735. The Morgan fingerprint density at radius 3 is 2.62 bits per heavy atom. The van der Waals surface area contributed by atoms with Crippen LogP contribution in [0.2, 0.25) is 0 Å². The van der Waals surface area contributed by atoms with Gasteiger partial charge in [0.05, 0.1) is 19.2 Å². The second-order valence-corrected chi connectivity index (χ2v) is 6.08. The lowest BCUT2D eigenvalue weighted by Gasteiger charge is -2.12. The zero-order valence-electron chi connectivity index (χ0n) is 15.0. The average Bonchev–Trinajstić information content (AvgIpc) is 3.10. The predicted molar refractivity (Wildman–Crippen MR) is 102 cm³/mol. The lowest BCUT2D eigenvalue weighted by atomic mass is 10.1. The minimum absolute atomic E-state index is 0.142. The zero-order valence-corrected chi connectivity index (χ0v) is 15.0. The molecule has 1 amide bonds. The summed E-state index contributed by atoms with van der Waals surface area (Å²) in [5.41, 5.74) is 3.24. The van der Waals surface area contributed by atoms with Crippen molar-refractivity contribution in [3.05, 3.63) is 60.3 Å². The molecule has 0 radical (unpaired) electrons. The van der Waals surface area contributed by atoms with Crippen LogP contribution in [0.25, 0.3) is 11.3 Å². The van der Waals surface area contributed by atoms with Gasteiger partial charge in [0.25, 0.3) is 0 Å². The normalized spacial score (nSPS) is 10.4. The molecule has 0 fully saturated rings. The maximum atomic E-state index is 12.2. The third-order valence-corrected chi connectivity index (χ3v) is 3.92. The Bertz CT molecular complexity index is 885. The Balaban J connectivity index is 1.64. The van der Waals surface area contributed by atoms with E-state index < -0.39 is 0 Å². The van der Waals surface area contributed by atoms with E-state index in [0.717, 1.165) is 22.7 Å². The summed E-state index contributed by atoms with van der Waals surface area (Å²) in [6.45, 7) is 0. The van der Waals surface area contributed by atoms with Crippen molar-refractivity contribution in [3.8, 4) is 17.1 Å². The fourth-order valence-electron chi connectivity index (χ4n) is 2.52. The van der Waals surface area contributed by atoms with Crippen LogP contribution in [0, 0.1) is 0 Å². The first-order valence-electron chi connectivity index (χ1n) is 8.22. The largest absolute Gasteiger partial charge is 0.497 e. The van der Waals surface area contributed by atoms with Crippen molar-refractivity contribution in [2.24, 2.45) is 0 Å². The van der Waals surface area contributed by atoms with Crippen molar-refractivity contribution >= 4 is 17.3 Å². The Morgan fingerprint density at radius 1 is 1.15 bits per heavy atom. The number of carbonyl (C=O) groups is 1. The molecule has 0 aliphatic rings. The Hall–Kier alpha value is -3.28. The van der Waals surface area contributed by atoms with Gasteiger partial charge in [-0.15, -0.1) is 0 Å². The van der Waals surface area contributed by atoms with Crippen molar-refractivity contribution in [2.75, 3.05) is 31.4 Å². The van der Waals surface area contributed by atoms with E-state index in [1.54, 1.807) is 13.2 Å². The number of rotatable bonds is 6. The van der Waals surface area contributed by atoms with Gasteiger partial charge in [0, 0.05) is 37.1 Å². The fourth-order valence-corrected chi connectivity index (χ4v) is 2.52. The molecule has 134 valence electrons. The Labute approximate surface area is 152 Å². The van der Waals surface area contributed by atoms with Gasteiger partial charge in [0.1, 0.15) is 5.75 Å². The van der Waals surface area contributed by atoms with Crippen molar-refractivity contribution in [2.45, 2.75) is 6.42 Å². The summed E-state index contributed by atoms with van der Waals surface area (Å²) in [6.07, 6.45) is 0.142. The van der Waals surface area contributed by atoms with Gasteiger partial charge >= 0.3 is 0 Å². The summed E-state index contributed by atoms with van der Waals surface area (Å²) in [4.78, 5) is 14.2. The number of methoxy groups -OCH3 is 1. The predicted octanol–water partition coefficient (Wildman–Crippen LogP) is 3.60. The van der Waals surface area contributed by atoms with E-state index in [0.29, 0.717) is 11.5 Å². The number of hydrogen-bond donors (Lipinski definition) is 1. The second kappa shape index (κ2) is 7.74. The van der Waals surface area contributed by atoms with Gasteiger partial charge in [-0.05, 0) is 36.4 Å². The standard InChI is InChI=1S/C20H21N3O3/c1-23(2)17-9-7-15(8-10-17)21-20(24)13-16-12-19(26-22-16)14-5-4-6-18(11-14)25-3/h4-12H,13H2,1-3H3,(H,21,24). The van der Waals surface area contributed by atoms with Gasteiger partial charge in [0.15, 0.2) is 5.76 Å². The van der Waals surface area contributed by atoms with Crippen LogP contribution in [0.15, 0.2) is 59.1 Å². The maximum absolute atomic E-state index is 12.2. The van der Waals surface area contributed by atoms with Crippen LogP contribution in [0.5, 0.6) is 5.75 Å². The number of aromatic nitrogens is 1. The minimum atomic E-state index is -0.145. The first kappa shape index (κ1) is 17.5. The monoisotopic (exact) mass is 351 g/mol. The average molecular weight is 351 g/mol. The molecule has 26 heavy (non-hydrogen) atoms. The first-order chi connectivity index (χ1) is 12.5. The smallest absolute Gasteiger partial charge is 0.230 e. The molecule has 0 atom stereocenters. The van der Waals surface area contributed by atoms with Crippen LogP contribution in [-0.2, 0) is 11.2 Å². The van der Waals surface area contributed by atoms with Crippen LogP contribution in [0.1, 0.15) is 5.69 Å². The summed E-state index contributed by atoms with van der Waals surface area (Å²) in [6, 6.07) is 16.9. The molecule has 0 saturated heterocycles. The maximum Gasteiger partial charge on any atom is 0.230 e. The Morgan fingerprint density at radius 2 is 1.92 bits per heavy atom. The van der Waals surface area contributed by atoms with Crippen molar-refractivity contribution < 1.29 is 14.1 Å². The van der Waals surface area contributed by atoms with E-state index >= 15 is 0 Å². The SMILES string of the molecule is COc1cccc(-c2cc(CC(=O)Nc3ccc(N(C)C)cc3)no2)c1. The third-order valence-electron chi connectivity index (χ3n) is 3.92. The third kappa shape index (κ3) is 4.22. The van der Waals surface area contributed by atoms with Crippen LogP contribution in [0.3, 0.4) is 0 Å². The molecule has 6 heteroatoms. The number of ether oxygens (including phenoxy) is 1. The van der Waals surface area contributed by atoms with E-state index in [2.05, 4.69) is 10.5 Å². The summed E-state index contributed by atoms with van der Waals surface area (Å²) >= 11 is 0. The number of amides is 1. The Kier molecular flexibility index (Phi) is 5.22. The molecular weight excluding hydrogens is 330 g/mol. The molecule has 1 aromatic heterocycles. The van der Waals surface area contributed by atoms with Crippen LogP contribution in [-0.4, -0.2) is 32.3 Å². The second-order valence-electron chi connectivity index (χ2n) is 6.08. The molecule has 2 aromatic carbocycles. The van der Waals surface area contributed by atoms with Gasteiger partial charge in [-0.1, -0.05) is 17.3 Å². The highest BCUT2D eigenvalue weighted by Crippen LogP contribution is 2.24. The first-order valence-corrected chi connectivity index (χ1v) is 8.22. The molecular formula is C20H21N3O3. The molecule has 0 aliphatic heterocycles. The van der Waals surface area contributed by atoms with E-state index in [1.165, 1.54) is 0 Å². The number of carbonyl (C=O) groups excluding carboxylic acids is 1. The number of nitrogens with zero attached hydrogens (tertiary/aromatic N) is 2. The lowest BCUT2D eigenvalue weighted by molar-refractivity contribution is -0.115. The highest BCUT2D eigenvalue weighted by Gasteiger charge is 2.11. The molecule has 1 N–H and O–H groups in total. The molecule has 3 aromatic rings. The molecule has 0 unspecified atom stereocenters. The number of nitrogens with one attached hydrogen (secondary N) is 1. The summed E-state index contributed by atoms with van der Waals surface area (Å²) in [5, 5.41) is 6.85. The lowest BCUT2D eigenvalue weighted by Crippen LogP contribution is -2.15. The highest BCUT2D eigenvalue weighted by atomic mass is 16.5. The van der Waals surface area contributed by atoms with Crippen LogP contribution >= 0.6 is 0 Å². The zero-order chi connectivity index (χ0) is 18.5.